The number of halogens is 2. The highest BCUT2D eigenvalue weighted by molar-refractivity contribution is 7.89. The lowest BCUT2D eigenvalue weighted by molar-refractivity contribution is 0.524. The molecule has 0 aromatic heterocycles. The first-order valence-corrected chi connectivity index (χ1v) is 11.1. The molecule has 1 aliphatic heterocycles. The van der Waals surface area contributed by atoms with Crippen molar-refractivity contribution in [2.75, 3.05) is 11.4 Å². The fraction of sp³-hybridized carbons (Fsp3) is 0.182. The lowest BCUT2D eigenvalue weighted by Gasteiger charge is -2.36. The van der Waals surface area contributed by atoms with E-state index in [1.165, 1.54) is 12.1 Å². The second-order valence-corrected chi connectivity index (χ2v) is 9.27. The first-order valence-electron chi connectivity index (χ1n) is 9.26. The summed E-state index contributed by atoms with van der Waals surface area (Å²) in [5, 5.41) is 0.616. The molecule has 0 amide bonds. The number of sulfonamides is 1. The van der Waals surface area contributed by atoms with Crippen LogP contribution >= 0.6 is 11.6 Å². The van der Waals surface area contributed by atoms with Gasteiger partial charge >= 0.3 is 0 Å². The zero-order valence-corrected chi connectivity index (χ0v) is 17.1. The molecule has 150 valence electrons. The number of hydrogen-bond acceptors (Lipinski definition) is 3. The van der Waals surface area contributed by atoms with Gasteiger partial charge in [0, 0.05) is 29.8 Å². The number of hydrogen-bond donors (Lipinski definition) is 1. The van der Waals surface area contributed by atoms with Gasteiger partial charge in [-0.2, -0.15) is 0 Å². The van der Waals surface area contributed by atoms with E-state index in [-0.39, 0.29) is 10.9 Å². The lowest BCUT2D eigenvalue weighted by Crippen LogP contribution is -2.48. The predicted octanol–water partition coefficient (Wildman–Crippen LogP) is 4.39. The van der Waals surface area contributed by atoms with E-state index in [1.807, 2.05) is 48.5 Å². The molecule has 0 saturated carbocycles. The molecule has 0 bridgehead atoms. The molecule has 1 heterocycles. The molecule has 1 N–H and O–H groups in total. The molecular weight excluding hydrogens is 411 g/mol. The molecule has 3 aromatic carbocycles. The molecule has 4 rings (SSSR count). The Morgan fingerprint density at radius 3 is 2.48 bits per heavy atom. The Bertz CT molecular complexity index is 1110. The summed E-state index contributed by atoms with van der Waals surface area (Å²) in [5.74, 6) is -0.473. The van der Waals surface area contributed by atoms with Gasteiger partial charge in [0.15, 0.2) is 0 Å². The van der Waals surface area contributed by atoms with Crippen LogP contribution in [0, 0.1) is 5.82 Å². The van der Waals surface area contributed by atoms with Crippen LogP contribution in [0.4, 0.5) is 10.1 Å². The smallest absolute Gasteiger partial charge is 0.240 e. The zero-order valence-electron chi connectivity index (χ0n) is 15.6. The standard InChI is InChI=1S/C22H20ClFN2O2S/c23-18-6-11-22-17(12-18)13-20(15-26(22)14-16-4-2-1-3-5-16)25-29(27,28)21-9-7-19(24)8-10-21/h1-12,20,25H,13-15H2. The van der Waals surface area contributed by atoms with Crippen LogP contribution in [-0.2, 0) is 23.0 Å². The molecule has 4 nitrogen and oxygen atoms in total. The Kier molecular flexibility index (Phi) is 5.58. The molecule has 7 heteroatoms. The third kappa shape index (κ3) is 4.61. The third-order valence-corrected chi connectivity index (χ3v) is 6.72. The molecule has 0 spiro atoms. The van der Waals surface area contributed by atoms with E-state index in [2.05, 4.69) is 9.62 Å². The Morgan fingerprint density at radius 1 is 1.03 bits per heavy atom. The number of nitrogens with one attached hydrogen (secondary N) is 1. The zero-order chi connectivity index (χ0) is 20.4. The van der Waals surface area contributed by atoms with Crippen LogP contribution in [0.25, 0.3) is 0 Å². The summed E-state index contributed by atoms with van der Waals surface area (Å²) in [6.45, 7) is 1.17. The second-order valence-electron chi connectivity index (χ2n) is 7.12. The minimum Gasteiger partial charge on any atom is -0.365 e. The molecule has 3 aromatic rings. The Morgan fingerprint density at radius 2 is 1.76 bits per heavy atom. The topological polar surface area (TPSA) is 49.4 Å². The summed E-state index contributed by atoms with van der Waals surface area (Å²) in [6.07, 6.45) is 0.529. The fourth-order valence-electron chi connectivity index (χ4n) is 3.65. The van der Waals surface area contributed by atoms with Crippen molar-refractivity contribution in [3.8, 4) is 0 Å². The summed E-state index contributed by atoms with van der Waals surface area (Å²) in [6, 6.07) is 20.2. The summed E-state index contributed by atoms with van der Waals surface area (Å²) in [4.78, 5) is 2.20. The Hall–Kier alpha value is -2.41. The highest BCUT2D eigenvalue weighted by atomic mass is 35.5. The first kappa shape index (κ1) is 19.9. The number of nitrogens with zero attached hydrogens (tertiary/aromatic N) is 1. The van der Waals surface area contributed by atoms with Crippen molar-refractivity contribution in [2.45, 2.75) is 23.9 Å². The van der Waals surface area contributed by atoms with Crippen LogP contribution in [-0.4, -0.2) is 21.0 Å². The van der Waals surface area contributed by atoms with Crippen LogP contribution in [0.2, 0.25) is 5.02 Å². The van der Waals surface area contributed by atoms with Gasteiger partial charge in [0.25, 0.3) is 0 Å². The molecule has 1 aliphatic rings. The van der Waals surface area contributed by atoms with Gasteiger partial charge in [0.1, 0.15) is 5.82 Å². The van der Waals surface area contributed by atoms with Gasteiger partial charge in [-0.25, -0.2) is 17.5 Å². The minimum absolute atomic E-state index is 0.0467. The molecule has 0 aliphatic carbocycles. The minimum atomic E-state index is -3.76. The molecule has 0 saturated heterocycles. The highest BCUT2D eigenvalue weighted by Crippen LogP contribution is 2.31. The monoisotopic (exact) mass is 430 g/mol. The van der Waals surface area contributed by atoms with E-state index in [0.29, 0.717) is 24.5 Å². The second kappa shape index (κ2) is 8.14. The van der Waals surface area contributed by atoms with Crippen molar-refractivity contribution in [3.63, 3.8) is 0 Å². The summed E-state index contributed by atoms with van der Waals surface area (Å²) < 4.78 is 41.5. The summed E-state index contributed by atoms with van der Waals surface area (Å²) in [5.41, 5.74) is 3.18. The molecule has 1 unspecified atom stereocenters. The number of anilines is 1. The molecule has 1 atom stereocenters. The van der Waals surface area contributed by atoms with Gasteiger partial charge < -0.3 is 4.90 Å². The van der Waals surface area contributed by atoms with Crippen LogP contribution in [0.1, 0.15) is 11.1 Å². The normalized spacial score (nSPS) is 16.5. The van der Waals surface area contributed by atoms with Gasteiger partial charge in [0.05, 0.1) is 4.90 Å². The summed E-state index contributed by atoms with van der Waals surface area (Å²) in [7, 11) is -3.76. The maximum Gasteiger partial charge on any atom is 0.240 e. The predicted molar refractivity (Wildman–Crippen MR) is 113 cm³/mol. The average molecular weight is 431 g/mol. The van der Waals surface area contributed by atoms with Gasteiger partial charge in [-0.1, -0.05) is 41.9 Å². The Balaban J connectivity index is 1.61. The van der Waals surface area contributed by atoms with Crippen molar-refractivity contribution in [2.24, 2.45) is 0 Å². The van der Waals surface area contributed by atoms with E-state index in [1.54, 1.807) is 0 Å². The number of fused-ring (bicyclic) bond motifs is 1. The van der Waals surface area contributed by atoms with Crippen LogP contribution in [0.5, 0.6) is 0 Å². The Labute approximate surface area is 175 Å². The van der Waals surface area contributed by atoms with Crippen molar-refractivity contribution in [1.82, 2.24) is 4.72 Å². The highest BCUT2D eigenvalue weighted by Gasteiger charge is 2.28. The molecule has 0 fully saturated rings. The van der Waals surface area contributed by atoms with E-state index in [4.69, 9.17) is 11.6 Å². The van der Waals surface area contributed by atoms with Crippen molar-refractivity contribution < 1.29 is 12.8 Å². The van der Waals surface area contributed by atoms with Gasteiger partial charge in [-0.3, -0.25) is 0 Å². The van der Waals surface area contributed by atoms with Crippen molar-refractivity contribution in [1.29, 1.82) is 0 Å². The van der Waals surface area contributed by atoms with Crippen molar-refractivity contribution in [3.05, 3.63) is 94.8 Å². The van der Waals surface area contributed by atoms with Gasteiger partial charge in [-0.05, 0) is 60.0 Å². The summed E-state index contributed by atoms with van der Waals surface area (Å²) >= 11 is 6.18. The lowest BCUT2D eigenvalue weighted by atomic mass is 9.98. The van der Waals surface area contributed by atoms with Crippen LogP contribution in [0.3, 0.4) is 0 Å². The van der Waals surface area contributed by atoms with Crippen molar-refractivity contribution >= 4 is 27.3 Å². The largest absolute Gasteiger partial charge is 0.365 e. The van der Waals surface area contributed by atoms with Crippen LogP contribution in [0.15, 0.2) is 77.7 Å². The fourth-order valence-corrected chi connectivity index (χ4v) is 5.08. The maximum absolute atomic E-state index is 13.2. The SMILES string of the molecule is O=S(=O)(NC1Cc2cc(Cl)ccc2N(Cc2ccccc2)C1)c1ccc(F)cc1. The van der Waals surface area contributed by atoms with E-state index < -0.39 is 15.8 Å². The molecular formula is C22H20ClFN2O2S. The van der Waals surface area contributed by atoms with Gasteiger partial charge in [-0.15, -0.1) is 0 Å². The van der Waals surface area contributed by atoms with E-state index in [9.17, 15) is 12.8 Å². The van der Waals surface area contributed by atoms with Gasteiger partial charge in [0.2, 0.25) is 10.0 Å². The van der Waals surface area contributed by atoms with E-state index in [0.717, 1.165) is 28.9 Å². The molecule has 29 heavy (non-hydrogen) atoms. The number of rotatable bonds is 5. The quantitative estimate of drug-likeness (QED) is 0.653. The molecule has 0 radical (unpaired) electrons. The van der Waals surface area contributed by atoms with E-state index >= 15 is 0 Å². The third-order valence-electron chi connectivity index (χ3n) is 4.95. The maximum atomic E-state index is 13.2. The van der Waals surface area contributed by atoms with Crippen LogP contribution < -0.4 is 9.62 Å². The number of benzene rings is 3. The first-order chi connectivity index (χ1) is 13.9. The average Bonchev–Trinajstić information content (AvgIpc) is 2.68.